The number of sulfonamides is 1. The molecule has 0 saturated carbocycles. The van der Waals surface area contributed by atoms with E-state index in [0.717, 1.165) is 32.4 Å². The molecular weight excluding hydrogens is 292 g/mol. The number of nitrogen functional groups attached to an aromatic ring is 1. The van der Waals surface area contributed by atoms with Gasteiger partial charge in [-0.25, -0.2) is 13.6 Å². The number of benzene rings is 1. The Morgan fingerprint density at radius 3 is 2.52 bits per heavy atom. The number of carbonyl (C=O) groups excluding carboxylic acids is 1. The van der Waals surface area contributed by atoms with Crippen molar-refractivity contribution >= 4 is 27.3 Å². The topological polar surface area (TPSA) is 119 Å². The number of piperidine rings is 1. The van der Waals surface area contributed by atoms with Gasteiger partial charge >= 0.3 is 0 Å². The fraction of sp³-hybridized carbons (Fsp3) is 0.462. The lowest BCUT2D eigenvalue weighted by Crippen LogP contribution is -2.39. The summed E-state index contributed by atoms with van der Waals surface area (Å²) in [7, 11) is -3.79. The van der Waals surface area contributed by atoms with Crippen molar-refractivity contribution in [3.8, 4) is 0 Å². The molecule has 1 heterocycles. The lowest BCUT2D eigenvalue weighted by Gasteiger charge is -2.27. The Morgan fingerprint density at radius 1 is 1.24 bits per heavy atom. The second-order valence-corrected chi connectivity index (χ2v) is 6.65. The van der Waals surface area contributed by atoms with E-state index in [1.54, 1.807) is 4.90 Å². The maximum atomic E-state index is 12.0. The smallest absolute Gasteiger partial charge is 0.241 e. The second kappa shape index (κ2) is 6.31. The zero-order valence-corrected chi connectivity index (χ0v) is 12.5. The average molecular weight is 312 g/mol. The van der Waals surface area contributed by atoms with E-state index in [9.17, 15) is 13.2 Å². The monoisotopic (exact) mass is 312 g/mol. The third-order valence-electron chi connectivity index (χ3n) is 3.49. The number of nitrogens with zero attached hydrogens (tertiary/aromatic N) is 1. The van der Waals surface area contributed by atoms with Gasteiger partial charge in [0.2, 0.25) is 15.9 Å². The number of primary sulfonamides is 1. The zero-order valence-electron chi connectivity index (χ0n) is 11.7. The first-order valence-electron chi connectivity index (χ1n) is 6.82. The second-order valence-electron chi connectivity index (χ2n) is 5.09. The van der Waals surface area contributed by atoms with Gasteiger partial charge in [-0.2, -0.15) is 0 Å². The van der Waals surface area contributed by atoms with Crippen LogP contribution in [-0.4, -0.2) is 38.9 Å². The molecule has 0 unspecified atom stereocenters. The summed E-state index contributed by atoms with van der Waals surface area (Å²) in [6, 6.07) is 4.13. The van der Waals surface area contributed by atoms with Gasteiger partial charge in [0.15, 0.2) is 0 Å². The van der Waals surface area contributed by atoms with Crippen molar-refractivity contribution in [2.45, 2.75) is 24.2 Å². The molecule has 7 nitrogen and oxygen atoms in total. The van der Waals surface area contributed by atoms with Gasteiger partial charge in [-0.05, 0) is 37.5 Å². The fourth-order valence-corrected chi connectivity index (χ4v) is 2.83. The lowest BCUT2D eigenvalue weighted by atomic mass is 10.1. The Hall–Kier alpha value is -1.80. The molecule has 1 aromatic rings. The van der Waals surface area contributed by atoms with Crippen LogP contribution in [0.2, 0.25) is 0 Å². The molecule has 1 aliphatic heterocycles. The summed E-state index contributed by atoms with van der Waals surface area (Å²) < 4.78 is 22.6. The van der Waals surface area contributed by atoms with Crippen molar-refractivity contribution in [1.82, 2.24) is 4.90 Å². The Kier molecular flexibility index (Phi) is 4.69. The predicted octanol–water partition coefficient (Wildman–Crippen LogP) is 0.341. The van der Waals surface area contributed by atoms with Crippen LogP contribution in [0.15, 0.2) is 23.1 Å². The van der Waals surface area contributed by atoms with Crippen molar-refractivity contribution in [3.63, 3.8) is 0 Å². The van der Waals surface area contributed by atoms with E-state index < -0.39 is 10.0 Å². The molecule has 0 radical (unpaired) electrons. The van der Waals surface area contributed by atoms with Crippen molar-refractivity contribution < 1.29 is 13.2 Å². The van der Waals surface area contributed by atoms with Gasteiger partial charge in [0.05, 0.1) is 22.8 Å². The van der Waals surface area contributed by atoms with Crippen LogP contribution in [0.4, 0.5) is 11.4 Å². The first-order valence-corrected chi connectivity index (χ1v) is 8.36. The molecule has 0 aromatic heterocycles. The predicted molar refractivity (Wildman–Crippen MR) is 81.1 cm³/mol. The number of likely N-dealkylation sites (tertiary alicyclic amines) is 1. The Morgan fingerprint density at radius 2 is 1.90 bits per heavy atom. The van der Waals surface area contributed by atoms with Crippen LogP contribution in [0.25, 0.3) is 0 Å². The Balaban J connectivity index is 2.04. The van der Waals surface area contributed by atoms with Crippen LogP contribution in [0.5, 0.6) is 0 Å². The number of anilines is 2. The summed E-state index contributed by atoms with van der Waals surface area (Å²) in [5, 5.41) is 7.96. The number of hydrogen-bond acceptors (Lipinski definition) is 5. The molecule has 1 fully saturated rings. The van der Waals surface area contributed by atoms with E-state index in [1.165, 1.54) is 18.2 Å². The normalized spacial score (nSPS) is 15.8. The highest BCUT2D eigenvalue weighted by atomic mass is 32.2. The van der Waals surface area contributed by atoms with Crippen LogP contribution >= 0.6 is 0 Å². The highest BCUT2D eigenvalue weighted by molar-refractivity contribution is 7.89. The van der Waals surface area contributed by atoms with Crippen LogP contribution in [0.3, 0.4) is 0 Å². The lowest BCUT2D eigenvalue weighted by molar-refractivity contribution is -0.130. The zero-order chi connectivity index (χ0) is 15.5. The number of rotatable bonds is 4. The molecule has 1 amide bonds. The fourth-order valence-electron chi connectivity index (χ4n) is 2.29. The molecule has 2 rings (SSSR count). The first-order chi connectivity index (χ1) is 9.88. The number of hydrogen-bond donors (Lipinski definition) is 3. The molecule has 1 aliphatic rings. The number of nitrogens with one attached hydrogen (secondary N) is 1. The van der Waals surface area contributed by atoms with E-state index in [0.29, 0.717) is 11.4 Å². The summed E-state index contributed by atoms with van der Waals surface area (Å²) in [4.78, 5) is 13.8. The van der Waals surface area contributed by atoms with Gasteiger partial charge < -0.3 is 16.0 Å². The molecule has 5 N–H and O–H groups in total. The summed E-state index contributed by atoms with van der Waals surface area (Å²) >= 11 is 0. The number of nitrogens with two attached hydrogens (primary N) is 2. The van der Waals surface area contributed by atoms with Crippen molar-refractivity contribution in [2.75, 3.05) is 30.7 Å². The standard InChI is InChI=1S/C13H20N4O3S/c14-11-5-4-10(21(15,19)20)8-12(11)16-9-13(18)17-6-2-1-3-7-17/h4-5,8,16H,1-3,6-7,9,14H2,(H2,15,19,20). The summed E-state index contributed by atoms with van der Waals surface area (Å²) in [5.74, 6) is -0.0184. The molecule has 21 heavy (non-hydrogen) atoms. The molecule has 116 valence electrons. The summed E-state index contributed by atoms with van der Waals surface area (Å²) in [6.07, 6.45) is 3.20. The largest absolute Gasteiger partial charge is 0.397 e. The molecular formula is C13H20N4O3S. The van der Waals surface area contributed by atoms with Crippen LogP contribution in [0, 0.1) is 0 Å². The summed E-state index contributed by atoms with van der Waals surface area (Å²) in [5.41, 5.74) is 6.54. The minimum Gasteiger partial charge on any atom is -0.397 e. The highest BCUT2D eigenvalue weighted by Gasteiger charge is 2.17. The van der Waals surface area contributed by atoms with Crippen molar-refractivity contribution in [2.24, 2.45) is 5.14 Å². The SMILES string of the molecule is Nc1ccc(S(N)(=O)=O)cc1NCC(=O)N1CCCCC1. The molecule has 0 bridgehead atoms. The maximum Gasteiger partial charge on any atom is 0.241 e. The van der Waals surface area contributed by atoms with Gasteiger partial charge in [-0.3, -0.25) is 4.79 Å². The van der Waals surface area contributed by atoms with Crippen molar-refractivity contribution in [1.29, 1.82) is 0 Å². The number of amides is 1. The first kappa shape index (κ1) is 15.6. The van der Waals surface area contributed by atoms with Gasteiger partial charge in [0.1, 0.15) is 0 Å². The Bertz CT molecular complexity index is 624. The van der Waals surface area contributed by atoms with E-state index in [1.807, 2.05) is 0 Å². The molecule has 0 aliphatic carbocycles. The molecule has 0 atom stereocenters. The molecule has 0 spiro atoms. The van der Waals surface area contributed by atoms with Gasteiger partial charge in [0, 0.05) is 13.1 Å². The molecule has 1 saturated heterocycles. The van der Waals surface area contributed by atoms with Crippen LogP contribution in [0.1, 0.15) is 19.3 Å². The average Bonchev–Trinajstić information content (AvgIpc) is 2.45. The maximum absolute atomic E-state index is 12.0. The molecule has 1 aromatic carbocycles. The highest BCUT2D eigenvalue weighted by Crippen LogP contribution is 2.22. The van der Waals surface area contributed by atoms with Crippen LogP contribution in [-0.2, 0) is 14.8 Å². The quantitative estimate of drug-likeness (QED) is 0.693. The van der Waals surface area contributed by atoms with Gasteiger partial charge in [-0.15, -0.1) is 0 Å². The van der Waals surface area contributed by atoms with Crippen molar-refractivity contribution in [3.05, 3.63) is 18.2 Å². The van der Waals surface area contributed by atoms with Crippen LogP contribution < -0.4 is 16.2 Å². The van der Waals surface area contributed by atoms with E-state index in [2.05, 4.69) is 5.32 Å². The van der Waals surface area contributed by atoms with E-state index in [4.69, 9.17) is 10.9 Å². The molecule has 8 heteroatoms. The number of carbonyl (C=O) groups is 1. The third-order valence-corrected chi connectivity index (χ3v) is 4.40. The summed E-state index contributed by atoms with van der Waals surface area (Å²) in [6.45, 7) is 1.62. The third kappa shape index (κ3) is 4.08. The van der Waals surface area contributed by atoms with Gasteiger partial charge in [-0.1, -0.05) is 0 Å². The minimum atomic E-state index is -3.79. The van der Waals surface area contributed by atoms with E-state index >= 15 is 0 Å². The van der Waals surface area contributed by atoms with E-state index in [-0.39, 0.29) is 17.3 Å². The van der Waals surface area contributed by atoms with Gasteiger partial charge in [0.25, 0.3) is 0 Å². The Labute approximate surface area is 124 Å². The minimum absolute atomic E-state index is 0.0184.